The zero-order valence-electron chi connectivity index (χ0n) is 10.2. The number of nitrogens with one attached hydrogen (secondary N) is 1. The molecule has 1 amide bonds. The van der Waals surface area contributed by atoms with Crippen LogP contribution in [0.15, 0.2) is 12.4 Å². The third kappa shape index (κ3) is 2.74. The van der Waals surface area contributed by atoms with E-state index < -0.39 is 0 Å². The molecule has 7 nitrogen and oxygen atoms in total. The van der Waals surface area contributed by atoms with Crippen molar-refractivity contribution >= 4 is 11.7 Å². The molecule has 0 aliphatic carbocycles. The van der Waals surface area contributed by atoms with Gasteiger partial charge in [0.25, 0.3) is 5.91 Å². The maximum absolute atomic E-state index is 12.2. The Morgan fingerprint density at radius 2 is 2.50 bits per heavy atom. The number of aliphatic hydroxyl groups excluding tert-OH is 1. The predicted octanol–water partition coefficient (Wildman–Crippen LogP) is -0.648. The molecule has 2 heterocycles. The summed E-state index contributed by atoms with van der Waals surface area (Å²) in [6, 6.07) is 0. The maximum atomic E-state index is 12.2. The number of hydrogen-bond donors (Lipinski definition) is 2. The molecule has 0 radical (unpaired) electrons. The second-order valence-corrected chi connectivity index (χ2v) is 3.97. The summed E-state index contributed by atoms with van der Waals surface area (Å²) >= 11 is 0. The molecular formula is C11H16N4O3. The van der Waals surface area contributed by atoms with Crippen molar-refractivity contribution in [3.8, 4) is 0 Å². The van der Waals surface area contributed by atoms with Crippen molar-refractivity contribution in [2.75, 3.05) is 38.7 Å². The predicted molar refractivity (Wildman–Crippen MR) is 64.3 cm³/mol. The number of morpholine rings is 1. The number of amides is 1. The number of ether oxygens (including phenoxy) is 1. The Bertz CT molecular complexity index is 427. The summed E-state index contributed by atoms with van der Waals surface area (Å²) in [6.07, 6.45) is 2.67. The van der Waals surface area contributed by atoms with Crippen molar-refractivity contribution < 1.29 is 14.6 Å². The molecule has 1 unspecified atom stereocenters. The van der Waals surface area contributed by atoms with Gasteiger partial charge in [0.1, 0.15) is 11.5 Å². The van der Waals surface area contributed by atoms with Gasteiger partial charge < -0.3 is 20.1 Å². The first-order valence-corrected chi connectivity index (χ1v) is 5.76. The van der Waals surface area contributed by atoms with E-state index in [1.807, 2.05) is 0 Å². The minimum atomic E-state index is -0.317. The molecule has 0 bridgehead atoms. The fourth-order valence-electron chi connectivity index (χ4n) is 1.77. The lowest BCUT2D eigenvalue weighted by Crippen LogP contribution is -2.47. The minimum Gasteiger partial charge on any atom is -0.394 e. The number of nitrogens with zero attached hydrogens (tertiary/aromatic N) is 3. The van der Waals surface area contributed by atoms with Crippen LogP contribution in [0.25, 0.3) is 0 Å². The van der Waals surface area contributed by atoms with Gasteiger partial charge in [-0.1, -0.05) is 0 Å². The Hall–Kier alpha value is -1.73. The summed E-state index contributed by atoms with van der Waals surface area (Å²) < 4.78 is 5.30. The zero-order valence-corrected chi connectivity index (χ0v) is 10.2. The van der Waals surface area contributed by atoms with Crippen LogP contribution >= 0.6 is 0 Å². The highest BCUT2D eigenvalue weighted by atomic mass is 16.5. The van der Waals surface area contributed by atoms with E-state index in [1.54, 1.807) is 18.1 Å². The van der Waals surface area contributed by atoms with Crippen LogP contribution < -0.4 is 5.32 Å². The molecule has 1 aliphatic heterocycles. The number of aromatic nitrogens is 2. The van der Waals surface area contributed by atoms with Gasteiger partial charge >= 0.3 is 0 Å². The van der Waals surface area contributed by atoms with Crippen LogP contribution in [-0.4, -0.2) is 65.3 Å². The Kier molecular flexibility index (Phi) is 4.06. The lowest BCUT2D eigenvalue weighted by molar-refractivity contribution is -0.0448. The fourth-order valence-corrected chi connectivity index (χ4v) is 1.77. The fraction of sp³-hybridized carbons (Fsp3) is 0.545. The Morgan fingerprint density at radius 1 is 1.67 bits per heavy atom. The van der Waals surface area contributed by atoms with E-state index in [4.69, 9.17) is 9.84 Å². The molecule has 1 aromatic heterocycles. The number of carbonyl (C=O) groups excluding carboxylic acids is 1. The molecule has 1 fully saturated rings. The quantitative estimate of drug-likeness (QED) is 0.743. The van der Waals surface area contributed by atoms with Crippen LogP contribution in [0, 0.1) is 0 Å². The van der Waals surface area contributed by atoms with Crippen LogP contribution in [0.2, 0.25) is 0 Å². The molecule has 2 rings (SSSR count). The SMILES string of the molecule is CNc1cncc(C(=O)N2CCOC(CO)C2)n1. The molecule has 7 heteroatoms. The van der Waals surface area contributed by atoms with Crippen molar-refractivity contribution in [3.05, 3.63) is 18.1 Å². The second kappa shape index (κ2) is 5.74. The van der Waals surface area contributed by atoms with E-state index in [9.17, 15) is 4.79 Å². The number of rotatable bonds is 3. The second-order valence-electron chi connectivity index (χ2n) is 3.97. The topological polar surface area (TPSA) is 87.6 Å². The number of hydrogen-bond acceptors (Lipinski definition) is 6. The van der Waals surface area contributed by atoms with Gasteiger partial charge in [-0.3, -0.25) is 9.78 Å². The first kappa shape index (κ1) is 12.7. The first-order valence-electron chi connectivity index (χ1n) is 5.76. The van der Waals surface area contributed by atoms with Crippen LogP contribution in [0.4, 0.5) is 5.82 Å². The van der Waals surface area contributed by atoms with E-state index in [-0.39, 0.29) is 18.6 Å². The van der Waals surface area contributed by atoms with Crippen LogP contribution in [0.1, 0.15) is 10.5 Å². The van der Waals surface area contributed by atoms with E-state index >= 15 is 0 Å². The van der Waals surface area contributed by atoms with Crippen LogP contribution in [0.3, 0.4) is 0 Å². The monoisotopic (exact) mass is 252 g/mol. The molecule has 1 atom stereocenters. The Labute approximate surface area is 105 Å². The average Bonchev–Trinajstić information content (AvgIpc) is 2.46. The summed E-state index contributed by atoms with van der Waals surface area (Å²) in [4.78, 5) is 21.9. The third-order valence-electron chi connectivity index (χ3n) is 2.74. The summed E-state index contributed by atoms with van der Waals surface area (Å²) in [7, 11) is 1.72. The number of carbonyl (C=O) groups is 1. The molecule has 0 spiro atoms. The summed E-state index contributed by atoms with van der Waals surface area (Å²) in [5, 5.41) is 11.9. The minimum absolute atomic E-state index is 0.0913. The van der Waals surface area contributed by atoms with Gasteiger partial charge in [-0.2, -0.15) is 0 Å². The van der Waals surface area contributed by atoms with Gasteiger partial charge in [-0.25, -0.2) is 4.98 Å². The van der Waals surface area contributed by atoms with Crippen LogP contribution in [0.5, 0.6) is 0 Å². The summed E-state index contributed by atoms with van der Waals surface area (Å²) in [5.41, 5.74) is 0.292. The Balaban J connectivity index is 2.10. The van der Waals surface area contributed by atoms with Crippen molar-refractivity contribution in [1.82, 2.24) is 14.9 Å². The normalized spacial score (nSPS) is 19.7. The Morgan fingerprint density at radius 3 is 3.22 bits per heavy atom. The summed E-state index contributed by atoms with van der Waals surface area (Å²) in [6.45, 7) is 1.21. The first-order chi connectivity index (χ1) is 8.74. The third-order valence-corrected chi connectivity index (χ3v) is 2.74. The van der Waals surface area contributed by atoms with E-state index in [2.05, 4.69) is 15.3 Å². The van der Waals surface area contributed by atoms with Crippen molar-refractivity contribution in [3.63, 3.8) is 0 Å². The highest BCUT2D eigenvalue weighted by Gasteiger charge is 2.25. The van der Waals surface area contributed by atoms with Gasteiger partial charge in [0.2, 0.25) is 0 Å². The van der Waals surface area contributed by atoms with E-state index in [1.165, 1.54) is 6.20 Å². The molecule has 18 heavy (non-hydrogen) atoms. The van der Waals surface area contributed by atoms with Gasteiger partial charge in [0.15, 0.2) is 0 Å². The highest BCUT2D eigenvalue weighted by molar-refractivity contribution is 5.92. The molecule has 98 valence electrons. The number of aliphatic hydroxyl groups is 1. The maximum Gasteiger partial charge on any atom is 0.274 e. The number of anilines is 1. The summed E-state index contributed by atoms with van der Waals surface area (Å²) in [5.74, 6) is 0.356. The van der Waals surface area contributed by atoms with E-state index in [0.29, 0.717) is 31.2 Å². The highest BCUT2D eigenvalue weighted by Crippen LogP contribution is 2.10. The molecule has 1 aliphatic rings. The molecule has 0 saturated carbocycles. The van der Waals surface area contributed by atoms with Crippen molar-refractivity contribution in [2.24, 2.45) is 0 Å². The average molecular weight is 252 g/mol. The standard InChI is InChI=1S/C11H16N4O3/c1-12-10-5-13-4-9(14-10)11(17)15-2-3-18-8(6-15)7-16/h4-5,8,16H,2-3,6-7H2,1H3,(H,12,14). The molecule has 0 aromatic carbocycles. The van der Waals surface area contributed by atoms with Crippen molar-refractivity contribution in [1.29, 1.82) is 0 Å². The molecule has 1 saturated heterocycles. The van der Waals surface area contributed by atoms with Gasteiger partial charge in [0, 0.05) is 20.1 Å². The van der Waals surface area contributed by atoms with Gasteiger partial charge in [0.05, 0.1) is 31.7 Å². The molecular weight excluding hydrogens is 236 g/mol. The van der Waals surface area contributed by atoms with Crippen LogP contribution in [-0.2, 0) is 4.74 Å². The van der Waals surface area contributed by atoms with Gasteiger partial charge in [-0.15, -0.1) is 0 Å². The van der Waals surface area contributed by atoms with E-state index in [0.717, 1.165) is 0 Å². The van der Waals surface area contributed by atoms with Gasteiger partial charge in [-0.05, 0) is 0 Å². The molecule has 1 aromatic rings. The lowest BCUT2D eigenvalue weighted by atomic mass is 10.2. The van der Waals surface area contributed by atoms with Crippen molar-refractivity contribution in [2.45, 2.75) is 6.10 Å². The lowest BCUT2D eigenvalue weighted by Gasteiger charge is -2.31. The molecule has 2 N–H and O–H groups in total. The smallest absolute Gasteiger partial charge is 0.274 e. The zero-order chi connectivity index (χ0) is 13.0. The largest absolute Gasteiger partial charge is 0.394 e.